The highest BCUT2D eigenvalue weighted by Gasteiger charge is 2.02. The Balaban J connectivity index is 2.18. The summed E-state index contributed by atoms with van der Waals surface area (Å²) in [6.07, 6.45) is 0. The first-order chi connectivity index (χ1) is 2.89. The summed E-state index contributed by atoms with van der Waals surface area (Å²) >= 11 is 0. The second kappa shape index (κ2) is 1.53. The van der Waals surface area contributed by atoms with E-state index in [1.807, 2.05) is 0 Å². The second-order valence-corrected chi connectivity index (χ2v) is 1.10. The van der Waals surface area contributed by atoms with Crippen molar-refractivity contribution in [3.63, 3.8) is 0 Å². The van der Waals surface area contributed by atoms with Crippen molar-refractivity contribution in [3.8, 4) is 0 Å². The number of hydrogen-bond donors (Lipinski definition) is 2. The molecule has 0 atom stereocenters. The van der Waals surface area contributed by atoms with E-state index in [0.29, 0.717) is 13.4 Å². The Bertz CT molecular complexity index is 42.1. The van der Waals surface area contributed by atoms with Crippen molar-refractivity contribution >= 4 is 0 Å². The zero-order valence-corrected chi connectivity index (χ0v) is 3.35. The van der Waals surface area contributed by atoms with Crippen LogP contribution in [0, 0.1) is 0 Å². The molecule has 0 radical (unpaired) electrons. The molecule has 4 heteroatoms. The Hall–Kier alpha value is -0.160. The third-order valence-corrected chi connectivity index (χ3v) is 0.600. The Morgan fingerprint density at radius 1 is 1.83 bits per heavy atom. The molecule has 1 saturated heterocycles. The zero-order chi connectivity index (χ0) is 4.41. The zero-order valence-electron chi connectivity index (χ0n) is 3.35. The van der Waals surface area contributed by atoms with E-state index in [1.54, 1.807) is 0 Å². The van der Waals surface area contributed by atoms with Gasteiger partial charge in [0.1, 0.15) is 6.73 Å². The Labute approximate surface area is 35.8 Å². The normalized spacial score (nSPS) is 25.5. The van der Waals surface area contributed by atoms with Gasteiger partial charge in [-0.05, 0) is 0 Å². The third-order valence-electron chi connectivity index (χ3n) is 0.600. The molecule has 1 heterocycles. The molecule has 0 aromatic carbocycles. The van der Waals surface area contributed by atoms with Crippen LogP contribution in [0.5, 0.6) is 0 Å². The van der Waals surface area contributed by atoms with E-state index in [0.717, 1.165) is 0 Å². The van der Waals surface area contributed by atoms with Crippen LogP contribution in [0.3, 0.4) is 0 Å². The first-order valence-electron chi connectivity index (χ1n) is 1.75. The standard InChI is InChI=1S/C2H7N3O/c3-5-1-4-2-6-5/h4H,1-3H2. The summed E-state index contributed by atoms with van der Waals surface area (Å²) in [5.74, 6) is 5.08. The molecule has 0 spiro atoms. The largest absolute Gasteiger partial charge is 0.277 e. The van der Waals surface area contributed by atoms with E-state index >= 15 is 0 Å². The van der Waals surface area contributed by atoms with Gasteiger partial charge in [-0.1, -0.05) is 0 Å². The molecule has 0 aromatic rings. The molecule has 3 N–H and O–H groups in total. The highest BCUT2D eigenvalue weighted by atomic mass is 16.7. The van der Waals surface area contributed by atoms with Gasteiger partial charge in [0, 0.05) is 0 Å². The number of hydrogen-bond acceptors (Lipinski definition) is 4. The van der Waals surface area contributed by atoms with Crippen molar-refractivity contribution in [1.82, 2.24) is 10.5 Å². The van der Waals surface area contributed by atoms with E-state index in [9.17, 15) is 0 Å². The van der Waals surface area contributed by atoms with E-state index in [-0.39, 0.29) is 0 Å². The van der Waals surface area contributed by atoms with Gasteiger partial charge >= 0.3 is 0 Å². The molecule has 6 heavy (non-hydrogen) atoms. The van der Waals surface area contributed by atoms with Crippen LogP contribution in [0.2, 0.25) is 0 Å². The van der Waals surface area contributed by atoms with Gasteiger partial charge in [-0.15, -0.1) is 5.17 Å². The number of nitrogens with one attached hydrogen (secondary N) is 1. The van der Waals surface area contributed by atoms with Gasteiger partial charge in [0.05, 0.1) is 6.67 Å². The van der Waals surface area contributed by atoms with Gasteiger partial charge < -0.3 is 0 Å². The average molecular weight is 89.1 g/mol. The molecule has 0 aromatic heterocycles. The van der Waals surface area contributed by atoms with Gasteiger partial charge in [0.2, 0.25) is 0 Å². The van der Waals surface area contributed by atoms with Gasteiger partial charge in [-0.3, -0.25) is 10.2 Å². The summed E-state index contributed by atoms with van der Waals surface area (Å²) in [7, 11) is 0. The molecule has 36 valence electrons. The maximum absolute atomic E-state index is 5.08. The van der Waals surface area contributed by atoms with Crippen LogP contribution in [0.15, 0.2) is 0 Å². The van der Waals surface area contributed by atoms with Gasteiger partial charge in [-0.25, -0.2) is 5.84 Å². The topological polar surface area (TPSA) is 50.5 Å². The average Bonchev–Trinajstić information content (AvgIpc) is 1.86. The van der Waals surface area contributed by atoms with E-state index < -0.39 is 0 Å². The second-order valence-electron chi connectivity index (χ2n) is 1.10. The molecule has 4 nitrogen and oxygen atoms in total. The van der Waals surface area contributed by atoms with Gasteiger partial charge in [-0.2, -0.15) is 0 Å². The molecule has 0 saturated carbocycles. The summed E-state index contributed by atoms with van der Waals surface area (Å²) in [5, 5.41) is 4.10. The lowest BCUT2D eigenvalue weighted by atomic mass is 11.1. The lowest BCUT2D eigenvalue weighted by Gasteiger charge is -1.99. The van der Waals surface area contributed by atoms with Crippen molar-refractivity contribution in [2.75, 3.05) is 13.4 Å². The lowest BCUT2D eigenvalue weighted by molar-refractivity contribution is -0.112. The fourth-order valence-electron chi connectivity index (χ4n) is 0.330. The lowest BCUT2D eigenvalue weighted by Crippen LogP contribution is -2.27. The van der Waals surface area contributed by atoms with Gasteiger partial charge in [0.25, 0.3) is 0 Å². The molecule has 0 aliphatic carbocycles. The van der Waals surface area contributed by atoms with Crippen LogP contribution in [-0.2, 0) is 4.84 Å². The summed E-state index contributed by atoms with van der Waals surface area (Å²) in [5.41, 5.74) is 0. The van der Waals surface area contributed by atoms with E-state index in [2.05, 4.69) is 10.2 Å². The molecule has 0 bridgehead atoms. The monoisotopic (exact) mass is 89.1 g/mol. The van der Waals surface area contributed by atoms with Gasteiger partial charge in [0.15, 0.2) is 0 Å². The maximum atomic E-state index is 5.08. The Kier molecular flexibility index (Phi) is 1.02. The third kappa shape index (κ3) is 0.662. The summed E-state index contributed by atoms with van der Waals surface area (Å²) in [4.78, 5) is 4.65. The maximum Gasteiger partial charge on any atom is 0.121 e. The summed E-state index contributed by atoms with van der Waals surface area (Å²) in [6.45, 7) is 1.16. The number of rotatable bonds is 0. The number of nitrogens with zero attached hydrogens (tertiary/aromatic N) is 1. The van der Waals surface area contributed by atoms with Crippen LogP contribution < -0.4 is 11.2 Å². The van der Waals surface area contributed by atoms with Crippen LogP contribution in [-0.4, -0.2) is 18.6 Å². The molecule has 1 fully saturated rings. The van der Waals surface area contributed by atoms with Crippen molar-refractivity contribution in [1.29, 1.82) is 0 Å². The van der Waals surface area contributed by atoms with E-state index in [4.69, 9.17) is 5.84 Å². The minimum atomic E-state index is 0.538. The predicted octanol–water partition coefficient (Wildman–Crippen LogP) is -1.39. The number of hydroxylamine groups is 1. The Morgan fingerprint density at radius 2 is 2.67 bits per heavy atom. The Morgan fingerprint density at radius 3 is 2.83 bits per heavy atom. The minimum absolute atomic E-state index is 0.538. The number of hydrazine groups is 1. The van der Waals surface area contributed by atoms with Crippen LogP contribution in [0.1, 0.15) is 0 Å². The smallest absolute Gasteiger partial charge is 0.121 e. The molecular formula is C2H7N3O. The number of nitrogens with two attached hydrogens (primary N) is 1. The predicted molar refractivity (Wildman–Crippen MR) is 20.0 cm³/mol. The van der Waals surface area contributed by atoms with Crippen LogP contribution >= 0.6 is 0 Å². The van der Waals surface area contributed by atoms with Crippen molar-refractivity contribution in [3.05, 3.63) is 0 Å². The van der Waals surface area contributed by atoms with Crippen LogP contribution in [0.25, 0.3) is 0 Å². The molecule has 1 aliphatic heterocycles. The molecule has 1 aliphatic rings. The first-order valence-corrected chi connectivity index (χ1v) is 1.75. The summed E-state index contributed by atoms with van der Waals surface area (Å²) < 4.78 is 0. The molecule has 0 unspecified atom stereocenters. The molecule has 1 rings (SSSR count). The minimum Gasteiger partial charge on any atom is -0.277 e. The first kappa shape index (κ1) is 4.01. The van der Waals surface area contributed by atoms with Crippen molar-refractivity contribution in [2.45, 2.75) is 0 Å². The fourth-order valence-corrected chi connectivity index (χ4v) is 0.330. The summed E-state index contributed by atoms with van der Waals surface area (Å²) in [6, 6.07) is 0. The molecule has 0 amide bonds. The van der Waals surface area contributed by atoms with Crippen molar-refractivity contribution < 1.29 is 4.84 Å². The van der Waals surface area contributed by atoms with Crippen molar-refractivity contribution in [2.24, 2.45) is 5.84 Å². The van der Waals surface area contributed by atoms with E-state index in [1.165, 1.54) is 5.17 Å². The highest BCUT2D eigenvalue weighted by Crippen LogP contribution is 1.81. The fraction of sp³-hybridized carbons (Fsp3) is 1.00. The SMILES string of the molecule is NN1CNCO1. The molecular weight excluding hydrogens is 82.0 g/mol. The highest BCUT2D eigenvalue weighted by molar-refractivity contribution is 4.34. The van der Waals surface area contributed by atoms with Crippen LogP contribution in [0.4, 0.5) is 0 Å². The quantitative estimate of drug-likeness (QED) is 0.359.